The number of hydrogen-bond acceptors (Lipinski definition) is 2. The highest BCUT2D eigenvalue weighted by Crippen LogP contribution is 2.26. The van der Waals surface area contributed by atoms with Crippen molar-refractivity contribution in [3.05, 3.63) is 61.2 Å². The zero-order valence-electron chi connectivity index (χ0n) is 10.4. The second-order valence-corrected chi connectivity index (χ2v) is 8.56. The third-order valence-corrected chi connectivity index (χ3v) is 6.01. The number of rotatable bonds is 4. The summed E-state index contributed by atoms with van der Waals surface area (Å²) in [5.41, 5.74) is 0.265. The van der Waals surface area contributed by atoms with Crippen LogP contribution in [0.1, 0.15) is 5.56 Å². The molecule has 0 aromatic heterocycles. The second kappa shape index (κ2) is 6.87. The summed E-state index contributed by atoms with van der Waals surface area (Å²) in [6.45, 7) is -0.129. The topological polar surface area (TPSA) is 46.2 Å². The number of sulfonamides is 1. The maximum Gasteiger partial charge on any atom is 0.241 e. The van der Waals surface area contributed by atoms with Crippen molar-refractivity contribution in [2.24, 2.45) is 0 Å². The molecule has 8 heteroatoms. The number of nitrogens with one attached hydrogen (secondary N) is 1. The first kappa shape index (κ1) is 17.1. The molecule has 0 radical (unpaired) electrons. The molecule has 0 amide bonds. The summed E-state index contributed by atoms with van der Waals surface area (Å²) in [5, 5.41) is 0. The standard InChI is InChI=1S/C13H9Br3FNO2S/c14-9-1-3-12(17)8(5-9)7-18-21(19,20)13-4-2-10(15)6-11(13)16/h1-6,18H,7H2. The van der Waals surface area contributed by atoms with Gasteiger partial charge in [0, 0.05) is 25.5 Å². The Morgan fingerprint density at radius 2 is 1.62 bits per heavy atom. The fraction of sp³-hybridized carbons (Fsp3) is 0.0769. The van der Waals surface area contributed by atoms with Gasteiger partial charge >= 0.3 is 0 Å². The van der Waals surface area contributed by atoms with Gasteiger partial charge < -0.3 is 0 Å². The SMILES string of the molecule is O=S(=O)(NCc1cc(Br)ccc1F)c1ccc(Br)cc1Br. The summed E-state index contributed by atoms with van der Waals surface area (Å²) >= 11 is 9.69. The summed E-state index contributed by atoms with van der Waals surface area (Å²) in [6.07, 6.45) is 0. The van der Waals surface area contributed by atoms with Gasteiger partial charge in [0.1, 0.15) is 5.82 Å². The molecule has 21 heavy (non-hydrogen) atoms. The lowest BCUT2D eigenvalue weighted by molar-refractivity contribution is 0.574. The highest BCUT2D eigenvalue weighted by Gasteiger charge is 2.18. The molecular formula is C13H9Br3FNO2S. The van der Waals surface area contributed by atoms with Crippen molar-refractivity contribution in [2.75, 3.05) is 0 Å². The van der Waals surface area contributed by atoms with Crippen molar-refractivity contribution < 1.29 is 12.8 Å². The van der Waals surface area contributed by atoms with Crippen molar-refractivity contribution in [3.8, 4) is 0 Å². The quantitative estimate of drug-likeness (QED) is 0.666. The smallest absolute Gasteiger partial charge is 0.207 e. The molecule has 0 aliphatic rings. The maximum absolute atomic E-state index is 13.6. The van der Waals surface area contributed by atoms with Crippen LogP contribution in [0, 0.1) is 5.82 Å². The molecule has 2 aromatic rings. The van der Waals surface area contributed by atoms with Crippen LogP contribution < -0.4 is 4.72 Å². The minimum absolute atomic E-state index is 0.0982. The van der Waals surface area contributed by atoms with Crippen LogP contribution in [0.5, 0.6) is 0 Å². The van der Waals surface area contributed by atoms with Crippen molar-refractivity contribution in [1.29, 1.82) is 0 Å². The van der Waals surface area contributed by atoms with Crippen LogP contribution in [0.3, 0.4) is 0 Å². The molecule has 2 rings (SSSR count). The van der Waals surface area contributed by atoms with E-state index >= 15 is 0 Å². The third kappa shape index (κ3) is 4.35. The second-order valence-electron chi connectivity index (χ2n) is 4.14. The highest BCUT2D eigenvalue weighted by molar-refractivity contribution is 9.11. The molecule has 0 saturated carbocycles. The van der Waals surface area contributed by atoms with Crippen molar-refractivity contribution in [2.45, 2.75) is 11.4 Å². The van der Waals surface area contributed by atoms with Gasteiger partial charge in [-0.2, -0.15) is 0 Å². The Balaban J connectivity index is 2.24. The minimum Gasteiger partial charge on any atom is -0.207 e. The molecule has 1 N–H and O–H groups in total. The normalized spacial score (nSPS) is 11.6. The zero-order valence-corrected chi connectivity index (χ0v) is 16.0. The van der Waals surface area contributed by atoms with Gasteiger partial charge in [-0.15, -0.1) is 0 Å². The van der Waals surface area contributed by atoms with Gasteiger partial charge in [0.25, 0.3) is 0 Å². The third-order valence-electron chi connectivity index (χ3n) is 2.64. The Hall–Kier alpha value is -0.280. The molecule has 0 atom stereocenters. The Bertz CT molecular complexity index is 781. The zero-order chi connectivity index (χ0) is 15.6. The van der Waals surface area contributed by atoms with Crippen LogP contribution in [0.15, 0.2) is 54.7 Å². The average Bonchev–Trinajstić information content (AvgIpc) is 2.39. The van der Waals surface area contributed by atoms with Gasteiger partial charge in [-0.3, -0.25) is 0 Å². The number of hydrogen-bond donors (Lipinski definition) is 1. The Labute approximate surface area is 147 Å². The minimum atomic E-state index is -3.74. The monoisotopic (exact) mass is 499 g/mol. The van der Waals surface area contributed by atoms with Gasteiger partial charge in [-0.1, -0.05) is 31.9 Å². The van der Waals surface area contributed by atoms with E-state index < -0.39 is 15.8 Å². The van der Waals surface area contributed by atoms with Crippen LogP contribution in [0.4, 0.5) is 4.39 Å². The first-order valence-corrected chi connectivity index (χ1v) is 9.54. The van der Waals surface area contributed by atoms with E-state index in [1.165, 1.54) is 18.2 Å². The van der Waals surface area contributed by atoms with E-state index in [2.05, 4.69) is 52.5 Å². The maximum atomic E-state index is 13.6. The molecule has 0 aliphatic carbocycles. The molecule has 112 valence electrons. The molecule has 0 aliphatic heterocycles. The average molecular weight is 502 g/mol. The van der Waals surface area contributed by atoms with E-state index in [0.29, 0.717) is 8.95 Å². The van der Waals surface area contributed by atoms with E-state index in [4.69, 9.17) is 0 Å². The van der Waals surface area contributed by atoms with Crippen molar-refractivity contribution in [1.82, 2.24) is 4.72 Å². The van der Waals surface area contributed by atoms with Gasteiger partial charge in [0.15, 0.2) is 0 Å². The Morgan fingerprint density at radius 3 is 2.29 bits per heavy atom. The molecule has 2 aromatic carbocycles. The lowest BCUT2D eigenvalue weighted by Gasteiger charge is -2.10. The summed E-state index contributed by atoms with van der Waals surface area (Å²) < 4.78 is 42.3. The number of benzene rings is 2. The molecule has 0 unspecified atom stereocenters. The van der Waals surface area contributed by atoms with Gasteiger partial charge in [0.2, 0.25) is 10.0 Å². The van der Waals surface area contributed by atoms with Crippen LogP contribution >= 0.6 is 47.8 Å². The summed E-state index contributed by atoms with van der Waals surface area (Å²) in [6, 6.07) is 9.09. The summed E-state index contributed by atoms with van der Waals surface area (Å²) in [7, 11) is -3.74. The molecule has 3 nitrogen and oxygen atoms in total. The predicted molar refractivity (Wildman–Crippen MR) is 90.0 cm³/mol. The molecule has 0 saturated heterocycles. The first-order valence-electron chi connectivity index (χ1n) is 5.68. The molecule has 0 heterocycles. The van der Waals surface area contributed by atoms with E-state index in [0.717, 1.165) is 4.47 Å². The van der Waals surface area contributed by atoms with Gasteiger partial charge in [0.05, 0.1) is 4.90 Å². The Morgan fingerprint density at radius 1 is 1.00 bits per heavy atom. The Kier molecular flexibility index (Phi) is 5.59. The van der Waals surface area contributed by atoms with Crippen LogP contribution in [0.25, 0.3) is 0 Å². The lowest BCUT2D eigenvalue weighted by atomic mass is 10.2. The van der Waals surface area contributed by atoms with Crippen LogP contribution in [0.2, 0.25) is 0 Å². The molecular weight excluding hydrogens is 493 g/mol. The molecule has 0 fully saturated rings. The van der Waals surface area contributed by atoms with Crippen molar-refractivity contribution >= 4 is 57.8 Å². The van der Waals surface area contributed by atoms with Gasteiger partial charge in [-0.25, -0.2) is 17.5 Å². The molecule has 0 spiro atoms. The van der Waals surface area contributed by atoms with E-state index in [1.807, 2.05) is 0 Å². The summed E-state index contributed by atoms with van der Waals surface area (Å²) in [4.78, 5) is 0.0982. The van der Waals surface area contributed by atoms with Crippen LogP contribution in [-0.2, 0) is 16.6 Å². The lowest BCUT2D eigenvalue weighted by Crippen LogP contribution is -2.24. The molecule has 0 bridgehead atoms. The van der Waals surface area contributed by atoms with Gasteiger partial charge in [-0.05, 0) is 52.3 Å². The largest absolute Gasteiger partial charge is 0.241 e. The number of halogens is 4. The first-order chi connectivity index (χ1) is 9.79. The fourth-order valence-corrected chi connectivity index (χ4v) is 4.78. The predicted octanol–water partition coefficient (Wildman–Crippen LogP) is 4.59. The summed E-state index contributed by atoms with van der Waals surface area (Å²) in [5.74, 6) is -0.462. The van der Waals surface area contributed by atoms with E-state index in [-0.39, 0.29) is 17.0 Å². The van der Waals surface area contributed by atoms with Crippen molar-refractivity contribution in [3.63, 3.8) is 0 Å². The fourth-order valence-electron chi connectivity index (χ4n) is 1.62. The van der Waals surface area contributed by atoms with E-state index in [1.54, 1.807) is 18.2 Å². The van der Waals surface area contributed by atoms with E-state index in [9.17, 15) is 12.8 Å². The van der Waals surface area contributed by atoms with Crippen LogP contribution in [-0.4, -0.2) is 8.42 Å². The highest BCUT2D eigenvalue weighted by atomic mass is 79.9.